The van der Waals surface area contributed by atoms with Crippen LogP contribution in [0.4, 0.5) is 4.79 Å². The lowest BCUT2D eigenvalue weighted by Crippen LogP contribution is -2.50. The molecule has 1 atom stereocenters. The zero-order valence-electron chi connectivity index (χ0n) is 14.4. The molecule has 9 heteroatoms. The van der Waals surface area contributed by atoms with Crippen molar-refractivity contribution in [3.8, 4) is 0 Å². The Morgan fingerprint density at radius 2 is 1.96 bits per heavy atom. The zero-order chi connectivity index (χ0) is 18.1. The Morgan fingerprint density at radius 1 is 1.23 bits per heavy atom. The molecule has 1 spiro atoms. The van der Waals surface area contributed by atoms with E-state index in [1.54, 1.807) is 16.5 Å². The second-order valence-corrected chi connectivity index (χ2v) is 6.63. The number of carbonyl (C=O) groups is 2. The molecule has 2 aliphatic heterocycles. The van der Waals surface area contributed by atoms with Crippen molar-refractivity contribution in [3.05, 3.63) is 41.7 Å². The second kappa shape index (κ2) is 6.40. The fraction of sp³-hybridized carbons (Fsp3) is 0.471. The molecule has 0 unspecified atom stereocenters. The number of benzene rings is 1. The van der Waals surface area contributed by atoms with Crippen molar-refractivity contribution in [1.82, 2.24) is 25.1 Å². The van der Waals surface area contributed by atoms with Gasteiger partial charge in [0.2, 0.25) is 0 Å². The van der Waals surface area contributed by atoms with Crippen LogP contribution in [0, 0.1) is 6.92 Å². The lowest BCUT2D eigenvalue weighted by Gasteiger charge is -2.37. The van der Waals surface area contributed by atoms with E-state index in [4.69, 9.17) is 9.47 Å². The van der Waals surface area contributed by atoms with E-state index in [1.807, 2.05) is 30.3 Å². The predicted molar refractivity (Wildman–Crippen MR) is 88.1 cm³/mol. The van der Waals surface area contributed by atoms with Gasteiger partial charge < -0.3 is 14.4 Å². The van der Waals surface area contributed by atoms with Gasteiger partial charge in [-0.15, -0.1) is 5.10 Å². The first-order chi connectivity index (χ1) is 12.6. The smallest absolute Gasteiger partial charge is 0.430 e. The molecule has 136 valence electrons. The summed E-state index contributed by atoms with van der Waals surface area (Å²) >= 11 is 0. The molecule has 0 saturated carbocycles. The third-order valence-electron chi connectivity index (χ3n) is 4.99. The molecule has 1 amide bonds. The molecule has 0 radical (unpaired) electrons. The van der Waals surface area contributed by atoms with Crippen molar-refractivity contribution >= 4 is 12.1 Å². The lowest BCUT2D eigenvalue weighted by atomic mass is 9.91. The number of hydrogen-bond acceptors (Lipinski definition) is 7. The summed E-state index contributed by atoms with van der Waals surface area (Å²) in [4.78, 5) is 26.3. The molecule has 26 heavy (non-hydrogen) atoms. The number of aryl methyl sites for hydroxylation is 1. The highest BCUT2D eigenvalue weighted by Crippen LogP contribution is 2.33. The van der Waals surface area contributed by atoms with E-state index in [0.29, 0.717) is 31.8 Å². The van der Waals surface area contributed by atoms with Crippen LogP contribution >= 0.6 is 0 Å². The van der Waals surface area contributed by atoms with E-state index in [2.05, 4.69) is 15.5 Å². The first-order valence-electron chi connectivity index (χ1n) is 8.52. The summed E-state index contributed by atoms with van der Waals surface area (Å²) in [5.74, 6) is 0.491. The highest BCUT2D eigenvalue weighted by Gasteiger charge is 2.46. The largest absolute Gasteiger partial charge is 0.509 e. The third-order valence-corrected chi connectivity index (χ3v) is 4.99. The molecule has 1 aromatic carbocycles. The highest BCUT2D eigenvalue weighted by molar-refractivity contribution is 5.83. The van der Waals surface area contributed by atoms with Crippen LogP contribution < -0.4 is 0 Å². The van der Waals surface area contributed by atoms with Crippen molar-refractivity contribution in [2.45, 2.75) is 31.4 Å². The van der Waals surface area contributed by atoms with Gasteiger partial charge in [-0.25, -0.2) is 9.48 Å². The molecule has 2 fully saturated rings. The number of ether oxygens (including phenoxy) is 2. The van der Waals surface area contributed by atoms with E-state index in [9.17, 15) is 9.59 Å². The van der Waals surface area contributed by atoms with Crippen molar-refractivity contribution in [2.75, 3.05) is 19.7 Å². The quantitative estimate of drug-likeness (QED) is 0.758. The fourth-order valence-electron chi connectivity index (χ4n) is 3.48. The van der Waals surface area contributed by atoms with Gasteiger partial charge in [-0.2, -0.15) is 0 Å². The van der Waals surface area contributed by atoms with E-state index < -0.39 is 17.8 Å². The number of aromatic nitrogens is 4. The van der Waals surface area contributed by atoms with Crippen LogP contribution in [0.25, 0.3) is 0 Å². The molecule has 0 bridgehead atoms. The van der Waals surface area contributed by atoms with Gasteiger partial charge in [-0.1, -0.05) is 30.3 Å². The zero-order valence-corrected chi connectivity index (χ0v) is 14.4. The van der Waals surface area contributed by atoms with Gasteiger partial charge in [0.1, 0.15) is 12.4 Å². The summed E-state index contributed by atoms with van der Waals surface area (Å²) in [6.45, 7) is 2.99. The lowest BCUT2D eigenvalue weighted by molar-refractivity contribution is -0.137. The van der Waals surface area contributed by atoms with Gasteiger partial charge >= 0.3 is 6.16 Å². The second-order valence-electron chi connectivity index (χ2n) is 6.63. The van der Waals surface area contributed by atoms with Gasteiger partial charge in [0.05, 0.1) is 0 Å². The first-order valence-corrected chi connectivity index (χ1v) is 8.52. The van der Waals surface area contributed by atoms with Crippen molar-refractivity contribution < 1.29 is 19.1 Å². The van der Waals surface area contributed by atoms with Gasteiger partial charge in [0.25, 0.3) is 5.91 Å². The molecule has 3 heterocycles. The van der Waals surface area contributed by atoms with Gasteiger partial charge in [-0.3, -0.25) is 4.79 Å². The number of amides is 1. The average molecular weight is 357 g/mol. The Labute approximate surface area is 149 Å². The average Bonchev–Trinajstić information content (AvgIpc) is 3.23. The Morgan fingerprint density at radius 3 is 2.54 bits per heavy atom. The maximum Gasteiger partial charge on any atom is 0.509 e. The maximum absolute atomic E-state index is 13.3. The molecule has 2 aliphatic rings. The Bertz CT molecular complexity index is 814. The molecular weight excluding hydrogens is 338 g/mol. The maximum atomic E-state index is 13.3. The molecule has 4 rings (SSSR count). The highest BCUT2D eigenvalue weighted by atomic mass is 16.8. The number of carbonyl (C=O) groups excluding carboxylic acids is 2. The summed E-state index contributed by atoms with van der Waals surface area (Å²) in [5.41, 5.74) is 0.227. The van der Waals surface area contributed by atoms with E-state index in [1.165, 1.54) is 0 Å². The van der Waals surface area contributed by atoms with Crippen LogP contribution in [0.1, 0.15) is 30.3 Å². The van der Waals surface area contributed by atoms with Crippen LogP contribution in [0.15, 0.2) is 30.3 Å². The van der Waals surface area contributed by atoms with Gasteiger partial charge in [0, 0.05) is 25.9 Å². The van der Waals surface area contributed by atoms with Crippen molar-refractivity contribution in [3.63, 3.8) is 0 Å². The summed E-state index contributed by atoms with van der Waals surface area (Å²) in [5, 5.41) is 11.6. The number of rotatable bonds is 3. The summed E-state index contributed by atoms with van der Waals surface area (Å²) < 4.78 is 11.8. The minimum absolute atomic E-state index is 0.0771. The van der Waals surface area contributed by atoms with Crippen LogP contribution in [0.5, 0.6) is 0 Å². The molecular formula is C17H19N5O4. The summed E-state index contributed by atoms with van der Waals surface area (Å²) in [6, 6.07) is 8.83. The summed E-state index contributed by atoms with van der Waals surface area (Å²) in [6.07, 6.45) is 0.484. The molecule has 0 N–H and O–H groups in total. The normalized spacial score (nSPS) is 19.9. The molecule has 0 aliphatic carbocycles. The fourth-order valence-corrected chi connectivity index (χ4v) is 3.48. The minimum Gasteiger partial charge on any atom is -0.430 e. The Balaban J connectivity index is 1.56. The first kappa shape index (κ1) is 16.5. The molecule has 2 saturated heterocycles. The van der Waals surface area contributed by atoms with Crippen LogP contribution in [0.2, 0.25) is 0 Å². The number of nitrogens with zero attached hydrogens (tertiary/aromatic N) is 5. The molecule has 9 nitrogen and oxygen atoms in total. The van der Waals surface area contributed by atoms with Gasteiger partial charge in [0.15, 0.2) is 11.6 Å². The standard InChI is InChI=1S/C17H19N5O4/c1-12-18-19-20-22(12)14(13-5-3-2-4-6-13)15(23)21-9-7-17(8-10-21)11-25-16(24)26-17/h2-6,14H,7-11H2,1H3/t14-/m0/s1. The number of cyclic esters (lactones) is 1. The van der Waals surface area contributed by atoms with Crippen molar-refractivity contribution in [1.29, 1.82) is 0 Å². The van der Waals surface area contributed by atoms with Crippen molar-refractivity contribution in [2.24, 2.45) is 0 Å². The van der Waals surface area contributed by atoms with E-state index in [-0.39, 0.29) is 12.5 Å². The van der Waals surface area contributed by atoms with Gasteiger partial charge in [-0.05, 0) is 22.9 Å². The number of tetrazole rings is 1. The monoisotopic (exact) mass is 357 g/mol. The number of hydrogen-bond donors (Lipinski definition) is 0. The number of piperidine rings is 1. The van der Waals surface area contributed by atoms with E-state index >= 15 is 0 Å². The topological polar surface area (TPSA) is 99.4 Å². The Kier molecular flexibility index (Phi) is 4.06. The van der Waals surface area contributed by atoms with E-state index in [0.717, 1.165) is 5.56 Å². The van der Waals surface area contributed by atoms with Crippen LogP contribution in [-0.2, 0) is 14.3 Å². The summed E-state index contributed by atoms with van der Waals surface area (Å²) in [7, 11) is 0. The molecule has 1 aromatic heterocycles. The minimum atomic E-state index is -0.628. The third kappa shape index (κ3) is 2.89. The SMILES string of the molecule is Cc1nnnn1[C@H](C(=O)N1CCC2(CC1)COC(=O)O2)c1ccccc1. The Hall–Kier alpha value is -2.97. The predicted octanol–water partition coefficient (Wildman–Crippen LogP) is 1.10. The van der Waals surface area contributed by atoms with Crippen LogP contribution in [0.3, 0.4) is 0 Å². The molecule has 2 aromatic rings. The number of likely N-dealkylation sites (tertiary alicyclic amines) is 1. The van der Waals surface area contributed by atoms with Crippen LogP contribution in [-0.4, -0.2) is 62.5 Å².